The van der Waals surface area contributed by atoms with Crippen molar-refractivity contribution in [3.63, 3.8) is 0 Å². The molecular formula is C17H15NO3. The van der Waals surface area contributed by atoms with E-state index in [4.69, 9.17) is 0 Å². The van der Waals surface area contributed by atoms with Crippen LogP contribution < -0.4 is 4.90 Å². The number of allylic oxidation sites excluding steroid dienone is 2. The Kier molecular flexibility index (Phi) is 2.46. The van der Waals surface area contributed by atoms with Gasteiger partial charge in [-0.05, 0) is 49.4 Å². The van der Waals surface area contributed by atoms with E-state index in [0.717, 1.165) is 6.42 Å². The lowest BCUT2D eigenvalue weighted by atomic mass is 9.85. The van der Waals surface area contributed by atoms with Crippen LogP contribution in [0, 0.1) is 23.7 Å². The minimum atomic E-state index is -0.181. The van der Waals surface area contributed by atoms with Gasteiger partial charge < -0.3 is 0 Å². The van der Waals surface area contributed by atoms with Gasteiger partial charge >= 0.3 is 0 Å². The summed E-state index contributed by atoms with van der Waals surface area (Å²) in [4.78, 5) is 37.8. The summed E-state index contributed by atoms with van der Waals surface area (Å²) in [6.45, 7) is 1.49. The molecule has 0 aromatic heterocycles. The van der Waals surface area contributed by atoms with Crippen molar-refractivity contribution < 1.29 is 14.4 Å². The van der Waals surface area contributed by atoms with Crippen LogP contribution in [0.25, 0.3) is 0 Å². The number of hydrogen-bond acceptors (Lipinski definition) is 3. The minimum Gasteiger partial charge on any atom is -0.295 e. The number of benzene rings is 1. The first kappa shape index (κ1) is 12.5. The van der Waals surface area contributed by atoms with E-state index >= 15 is 0 Å². The Hall–Kier alpha value is -2.23. The topological polar surface area (TPSA) is 54.5 Å². The number of fused-ring (bicyclic) bond motifs is 5. The van der Waals surface area contributed by atoms with Gasteiger partial charge in [0.15, 0.2) is 5.78 Å². The third kappa shape index (κ3) is 1.59. The van der Waals surface area contributed by atoms with Crippen molar-refractivity contribution in [2.24, 2.45) is 23.7 Å². The lowest BCUT2D eigenvalue weighted by molar-refractivity contribution is -0.123. The van der Waals surface area contributed by atoms with Crippen molar-refractivity contribution in [2.45, 2.75) is 13.3 Å². The second-order valence-corrected chi connectivity index (χ2v) is 6.11. The van der Waals surface area contributed by atoms with Crippen molar-refractivity contribution >= 4 is 23.3 Å². The number of carbonyl (C=O) groups is 3. The maximum atomic E-state index is 12.6. The molecule has 3 aliphatic rings. The maximum absolute atomic E-state index is 12.6. The van der Waals surface area contributed by atoms with Crippen LogP contribution in [0.1, 0.15) is 23.7 Å². The van der Waals surface area contributed by atoms with Crippen LogP contribution in [0.15, 0.2) is 36.4 Å². The molecule has 4 rings (SSSR count). The van der Waals surface area contributed by atoms with E-state index in [9.17, 15) is 14.4 Å². The van der Waals surface area contributed by atoms with Crippen molar-refractivity contribution in [3.8, 4) is 0 Å². The Morgan fingerprint density at radius 3 is 2.00 bits per heavy atom. The summed E-state index contributed by atoms with van der Waals surface area (Å²) in [6.07, 6.45) is 5.10. The zero-order valence-electron chi connectivity index (χ0n) is 11.7. The number of carbonyl (C=O) groups excluding carboxylic acids is 3. The molecule has 1 saturated heterocycles. The van der Waals surface area contributed by atoms with Gasteiger partial charge in [0.2, 0.25) is 11.8 Å². The number of ketones is 1. The Balaban J connectivity index is 1.69. The molecule has 0 unspecified atom stereocenters. The Morgan fingerprint density at radius 1 is 1.00 bits per heavy atom. The second kappa shape index (κ2) is 4.13. The van der Waals surface area contributed by atoms with Gasteiger partial charge in [-0.1, -0.05) is 12.2 Å². The zero-order valence-corrected chi connectivity index (χ0v) is 11.7. The highest BCUT2D eigenvalue weighted by atomic mass is 16.2. The van der Waals surface area contributed by atoms with Crippen molar-refractivity contribution in [3.05, 3.63) is 42.0 Å². The minimum absolute atomic E-state index is 0.0280. The summed E-state index contributed by atoms with van der Waals surface area (Å²) >= 11 is 0. The molecule has 4 heteroatoms. The highest BCUT2D eigenvalue weighted by molar-refractivity contribution is 6.22. The van der Waals surface area contributed by atoms with Crippen LogP contribution >= 0.6 is 0 Å². The van der Waals surface area contributed by atoms with E-state index < -0.39 is 0 Å². The van der Waals surface area contributed by atoms with E-state index in [2.05, 4.69) is 12.2 Å². The van der Waals surface area contributed by atoms with Gasteiger partial charge in [0.1, 0.15) is 0 Å². The first-order valence-electron chi connectivity index (χ1n) is 7.25. The first-order valence-corrected chi connectivity index (χ1v) is 7.25. The zero-order chi connectivity index (χ0) is 14.7. The molecule has 1 aliphatic heterocycles. The number of anilines is 1. The standard InChI is InChI=1S/C17H15NO3/c1-9(19)10-4-6-13(7-5-10)18-16(20)14-11-2-3-12(8-11)15(14)17(18)21/h2-7,11-12,14-15H,8H2,1H3/t11-,12-,14-,15+/m1/s1. The van der Waals surface area contributed by atoms with Crippen LogP contribution in [0.3, 0.4) is 0 Å². The average molecular weight is 281 g/mol. The molecule has 0 N–H and O–H groups in total. The third-order valence-corrected chi connectivity index (χ3v) is 5.00. The molecule has 2 aliphatic carbocycles. The molecule has 4 atom stereocenters. The van der Waals surface area contributed by atoms with E-state index in [-0.39, 0.29) is 41.3 Å². The highest BCUT2D eigenvalue weighted by Gasteiger charge is 2.59. The maximum Gasteiger partial charge on any atom is 0.238 e. The molecular weight excluding hydrogens is 266 g/mol. The van der Waals surface area contributed by atoms with Crippen molar-refractivity contribution in [1.29, 1.82) is 0 Å². The number of amides is 2. The number of Topliss-reactive ketones (excluding diaryl/α,β-unsaturated/α-hetero) is 1. The summed E-state index contributed by atoms with van der Waals surface area (Å²) in [5, 5.41) is 0. The monoisotopic (exact) mass is 281 g/mol. The Labute approximate surface area is 122 Å². The molecule has 2 bridgehead atoms. The van der Waals surface area contributed by atoms with Gasteiger partial charge in [-0.25, -0.2) is 0 Å². The van der Waals surface area contributed by atoms with Crippen LogP contribution in [0.4, 0.5) is 5.69 Å². The smallest absolute Gasteiger partial charge is 0.238 e. The van der Waals surface area contributed by atoms with E-state index in [1.807, 2.05) is 0 Å². The van der Waals surface area contributed by atoms with Gasteiger partial charge in [-0.15, -0.1) is 0 Å². The molecule has 0 spiro atoms. The predicted octanol–water partition coefficient (Wildman–Crippen LogP) is 2.20. The fraction of sp³-hybridized carbons (Fsp3) is 0.353. The molecule has 2 amide bonds. The Morgan fingerprint density at radius 2 is 1.52 bits per heavy atom. The third-order valence-electron chi connectivity index (χ3n) is 5.00. The van der Waals surface area contributed by atoms with E-state index in [1.54, 1.807) is 24.3 Å². The predicted molar refractivity (Wildman–Crippen MR) is 76.7 cm³/mol. The van der Waals surface area contributed by atoms with Crippen LogP contribution in [0.5, 0.6) is 0 Å². The fourth-order valence-corrected chi connectivity index (χ4v) is 4.00. The van der Waals surface area contributed by atoms with E-state index in [1.165, 1.54) is 11.8 Å². The molecule has 4 nitrogen and oxygen atoms in total. The molecule has 2 fully saturated rings. The second-order valence-electron chi connectivity index (χ2n) is 6.11. The number of hydrogen-bond donors (Lipinski definition) is 0. The fourth-order valence-electron chi connectivity index (χ4n) is 4.00. The first-order chi connectivity index (χ1) is 10.1. The van der Waals surface area contributed by atoms with Gasteiger partial charge in [0, 0.05) is 5.56 Å². The van der Waals surface area contributed by atoms with Crippen molar-refractivity contribution in [1.82, 2.24) is 0 Å². The summed E-state index contributed by atoms with van der Waals surface area (Å²) < 4.78 is 0. The number of rotatable bonds is 2. The normalized spacial score (nSPS) is 32.9. The largest absolute Gasteiger partial charge is 0.295 e. The summed E-state index contributed by atoms with van der Waals surface area (Å²) in [6, 6.07) is 6.70. The number of imide groups is 1. The van der Waals surface area contributed by atoms with Gasteiger partial charge in [-0.3, -0.25) is 19.3 Å². The SMILES string of the molecule is CC(=O)c1ccc(N2C(=O)[C@@H]3[C@H](C2=O)[C@@H]2C=C[C@@H]3C2)cc1. The van der Waals surface area contributed by atoms with Gasteiger partial charge in [0.05, 0.1) is 17.5 Å². The molecule has 1 aromatic carbocycles. The molecule has 106 valence electrons. The molecule has 1 aromatic rings. The van der Waals surface area contributed by atoms with Crippen molar-refractivity contribution in [2.75, 3.05) is 4.90 Å². The summed E-state index contributed by atoms with van der Waals surface area (Å²) in [5.74, 6) is -0.120. The summed E-state index contributed by atoms with van der Waals surface area (Å²) in [7, 11) is 0. The van der Waals surface area contributed by atoms with Crippen LogP contribution in [-0.4, -0.2) is 17.6 Å². The lowest BCUT2D eigenvalue weighted by Gasteiger charge is -2.17. The van der Waals surface area contributed by atoms with E-state index in [0.29, 0.717) is 11.3 Å². The lowest BCUT2D eigenvalue weighted by Crippen LogP contribution is -2.32. The van der Waals surface area contributed by atoms with Gasteiger partial charge in [-0.2, -0.15) is 0 Å². The molecule has 0 radical (unpaired) electrons. The average Bonchev–Trinajstić information content (AvgIpc) is 3.13. The highest BCUT2D eigenvalue weighted by Crippen LogP contribution is 2.53. The van der Waals surface area contributed by atoms with Crippen LogP contribution in [-0.2, 0) is 9.59 Å². The molecule has 1 saturated carbocycles. The van der Waals surface area contributed by atoms with Crippen LogP contribution in [0.2, 0.25) is 0 Å². The summed E-state index contributed by atoms with van der Waals surface area (Å²) in [5.41, 5.74) is 1.16. The number of nitrogens with zero attached hydrogens (tertiary/aromatic N) is 1. The molecule has 21 heavy (non-hydrogen) atoms. The van der Waals surface area contributed by atoms with Gasteiger partial charge in [0.25, 0.3) is 0 Å². The quantitative estimate of drug-likeness (QED) is 0.474. The molecule has 1 heterocycles. The Bertz CT molecular complexity index is 658.